The van der Waals surface area contributed by atoms with Crippen LogP contribution in [-0.2, 0) is 4.79 Å². The molecule has 0 aliphatic rings. The van der Waals surface area contributed by atoms with Crippen molar-refractivity contribution in [2.75, 3.05) is 4.90 Å². The third kappa shape index (κ3) is 3.60. The highest BCUT2D eigenvalue weighted by atomic mass is 127. The topological polar surface area (TPSA) is 20.3 Å². The Morgan fingerprint density at radius 1 is 0.741 bits per heavy atom. The van der Waals surface area contributed by atoms with Gasteiger partial charge in [0, 0.05) is 21.6 Å². The Morgan fingerprint density at radius 3 is 2.00 bits per heavy atom. The van der Waals surface area contributed by atoms with Gasteiger partial charge < -0.3 is 0 Å². The number of nitrogens with zero attached hydrogens (tertiary/aromatic N) is 1. The molecule has 27 heavy (non-hydrogen) atoms. The van der Waals surface area contributed by atoms with Crippen LogP contribution in [0.15, 0.2) is 91.0 Å². The number of hydrogen-bond donors (Lipinski definition) is 0. The van der Waals surface area contributed by atoms with E-state index in [0.717, 1.165) is 27.7 Å². The van der Waals surface area contributed by atoms with Crippen molar-refractivity contribution < 1.29 is 4.79 Å². The standard InChI is InChI=1S/C24H18INO/c1-17(27)26(24-8-4-6-20-5-2-3-7-23(20)24)22-15-11-19(12-16-22)18-9-13-21(25)14-10-18/h2-16H,1H3. The average Bonchev–Trinajstić information content (AvgIpc) is 2.69. The Morgan fingerprint density at radius 2 is 1.33 bits per heavy atom. The van der Waals surface area contributed by atoms with E-state index in [4.69, 9.17) is 0 Å². The van der Waals surface area contributed by atoms with Crippen LogP contribution >= 0.6 is 22.6 Å². The maximum Gasteiger partial charge on any atom is 0.228 e. The molecule has 0 unspecified atom stereocenters. The molecule has 2 nitrogen and oxygen atoms in total. The Hall–Kier alpha value is -2.66. The molecule has 0 aromatic heterocycles. The molecule has 4 aromatic rings. The van der Waals surface area contributed by atoms with Gasteiger partial charge in [0.2, 0.25) is 5.91 Å². The van der Waals surface area contributed by atoms with E-state index in [-0.39, 0.29) is 5.91 Å². The third-order valence-electron chi connectivity index (χ3n) is 4.63. The van der Waals surface area contributed by atoms with E-state index in [1.54, 1.807) is 11.8 Å². The first-order valence-electron chi connectivity index (χ1n) is 8.78. The van der Waals surface area contributed by atoms with E-state index < -0.39 is 0 Å². The fraction of sp³-hybridized carbons (Fsp3) is 0.0417. The second-order valence-corrected chi connectivity index (χ2v) is 7.65. The van der Waals surface area contributed by atoms with Crippen molar-refractivity contribution in [1.82, 2.24) is 0 Å². The minimum absolute atomic E-state index is 0.00614. The predicted octanol–water partition coefficient (Wildman–Crippen LogP) is 6.80. The second-order valence-electron chi connectivity index (χ2n) is 6.41. The maximum absolute atomic E-state index is 12.5. The third-order valence-corrected chi connectivity index (χ3v) is 5.34. The molecular formula is C24H18INO. The Bertz CT molecular complexity index is 1100. The van der Waals surface area contributed by atoms with E-state index >= 15 is 0 Å². The summed E-state index contributed by atoms with van der Waals surface area (Å²) in [5.74, 6) is -0.00614. The van der Waals surface area contributed by atoms with Gasteiger partial charge in [-0.25, -0.2) is 0 Å². The molecular weight excluding hydrogens is 445 g/mol. The zero-order valence-corrected chi connectivity index (χ0v) is 17.1. The van der Waals surface area contributed by atoms with Crippen LogP contribution < -0.4 is 4.90 Å². The number of halogens is 1. The molecule has 0 fully saturated rings. The lowest BCUT2D eigenvalue weighted by Crippen LogP contribution is -2.22. The lowest BCUT2D eigenvalue weighted by atomic mass is 10.0. The van der Waals surface area contributed by atoms with E-state index in [1.165, 1.54) is 9.13 Å². The van der Waals surface area contributed by atoms with Crippen LogP contribution in [0.4, 0.5) is 11.4 Å². The summed E-state index contributed by atoms with van der Waals surface area (Å²) in [5.41, 5.74) is 4.08. The van der Waals surface area contributed by atoms with Crippen molar-refractivity contribution in [3.8, 4) is 11.1 Å². The first kappa shape index (κ1) is 17.7. The van der Waals surface area contributed by atoms with Crippen LogP contribution in [0.5, 0.6) is 0 Å². The van der Waals surface area contributed by atoms with Gasteiger partial charge in [-0.3, -0.25) is 9.69 Å². The molecule has 0 saturated heterocycles. The van der Waals surface area contributed by atoms with E-state index in [1.807, 2.05) is 36.4 Å². The highest BCUT2D eigenvalue weighted by Gasteiger charge is 2.16. The number of hydrogen-bond acceptors (Lipinski definition) is 1. The van der Waals surface area contributed by atoms with Gasteiger partial charge in [-0.05, 0) is 69.4 Å². The molecule has 1 amide bonds. The summed E-state index contributed by atoms with van der Waals surface area (Å²) in [6.45, 7) is 1.61. The van der Waals surface area contributed by atoms with Gasteiger partial charge in [-0.1, -0.05) is 60.7 Å². The summed E-state index contributed by atoms with van der Waals surface area (Å²) >= 11 is 2.31. The van der Waals surface area contributed by atoms with Gasteiger partial charge in [-0.2, -0.15) is 0 Å². The number of rotatable bonds is 3. The number of carbonyl (C=O) groups is 1. The number of amides is 1. The average molecular weight is 463 g/mol. The largest absolute Gasteiger partial charge is 0.281 e. The highest BCUT2D eigenvalue weighted by Crippen LogP contribution is 2.33. The van der Waals surface area contributed by atoms with E-state index in [0.29, 0.717) is 0 Å². The maximum atomic E-state index is 12.5. The van der Waals surface area contributed by atoms with E-state index in [9.17, 15) is 4.79 Å². The summed E-state index contributed by atoms with van der Waals surface area (Å²) in [7, 11) is 0. The fourth-order valence-corrected chi connectivity index (χ4v) is 3.70. The van der Waals surface area contributed by atoms with Gasteiger partial charge in [0.1, 0.15) is 0 Å². The lowest BCUT2D eigenvalue weighted by molar-refractivity contribution is -0.115. The van der Waals surface area contributed by atoms with Crippen molar-refractivity contribution in [1.29, 1.82) is 0 Å². The van der Waals surface area contributed by atoms with Crippen LogP contribution in [-0.4, -0.2) is 5.91 Å². The molecule has 3 heteroatoms. The smallest absolute Gasteiger partial charge is 0.228 e. The Labute approximate surface area is 172 Å². The zero-order valence-electron chi connectivity index (χ0n) is 14.9. The van der Waals surface area contributed by atoms with E-state index in [2.05, 4.69) is 77.2 Å². The second kappa shape index (κ2) is 7.53. The molecule has 0 aliphatic heterocycles. The van der Waals surface area contributed by atoms with Gasteiger partial charge in [0.05, 0.1) is 5.69 Å². The van der Waals surface area contributed by atoms with Crippen molar-refractivity contribution in [3.63, 3.8) is 0 Å². The predicted molar refractivity (Wildman–Crippen MR) is 121 cm³/mol. The van der Waals surface area contributed by atoms with Gasteiger partial charge in [0.25, 0.3) is 0 Å². The summed E-state index contributed by atoms with van der Waals surface area (Å²) < 4.78 is 1.21. The molecule has 4 aromatic carbocycles. The first-order valence-corrected chi connectivity index (χ1v) is 9.86. The molecule has 0 saturated carbocycles. The molecule has 0 atom stereocenters. The number of benzene rings is 4. The molecule has 0 spiro atoms. The molecule has 132 valence electrons. The lowest BCUT2D eigenvalue weighted by Gasteiger charge is -2.23. The number of fused-ring (bicyclic) bond motifs is 1. The Kier molecular flexibility index (Phi) is 4.94. The normalized spacial score (nSPS) is 10.7. The van der Waals surface area contributed by atoms with Gasteiger partial charge in [-0.15, -0.1) is 0 Å². The summed E-state index contributed by atoms with van der Waals surface area (Å²) in [4.78, 5) is 14.3. The monoisotopic (exact) mass is 463 g/mol. The minimum atomic E-state index is -0.00614. The molecule has 4 rings (SSSR count). The molecule has 0 radical (unpaired) electrons. The van der Waals surface area contributed by atoms with Crippen molar-refractivity contribution in [2.45, 2.75) is 6.92 Å². The molecule has 0 heterocycles. The quantitative estimate of drug-likeness (QED) is 0.306. The van der Waals surface area contributed by atoms with Gasteiger partial charge >= 0.3 is 0 Å². The highest BCUT2D eigenvalue weighted by molar-refractivity contribution is 14.1. The molecule has 0 aliphatic carbocycles. The van der Waals surface area contributed by atoms with Crippen LogP contribution in [0.25, 0.3) is 21.9 Å². The molecule has 0 bridgehead atoms. The van der Waals surface area contributed by atoms with Crippen molar-refractivity contribution in [2.24, 2.45) is 0 Å². The number of anilines is 2. The summed E-state index contributed by atoms with van der Waals surface area (Å²) in [6, 6.07) is 30.8. The van der Waals surface area contributed by atoms with Crippen LogP contribution in [0, 0.1) is 3.57 Å². The van der Waals surface area contributed by atoms with Crippen molar-refractivity contribution in [3.05, 3.63) is 94.6 Å². The van der Waals surface area contributed by atoms with Crippen LogP contribution in [0.2, 0.25) is 0 Å². The number of carbonyl (C=O) groups excluding carboxylic acids is 1. The zero-order chi connectivity index (χ0) is 18.8. The minimum Gasteiger partial charge on any atom is -0.281 e. The molecule has 0 N–H and O–H groups in total. The fourth-order valence-electron chi connectivity index (χ4n) is 3.34. The SMILES string of the molecule is CC(=O)N(c1ccc(-c2ccc(I)cc2)cc1)c1cccc2ccccc12. The summed E-state index contributed by atoms with van der Waals surface area (Å²) in [6.07, 6.45) is 0. The van der Waals surface area contributed by atoms with Crippen LogP contribution in [0.1, 0.15) is 6.92 Å². The van der Waals surface area contributed by atoms with Gasteiger partial charge in [0.15, 0.2) is 0 Å². The van der Waals surface area contributed by atoms with Crippen LogP contribution in [0.3, 0.4) is 0 Å². The Balaban J connectivity index is 1.76. The summed E-state index contributed by atoms with van der Waals surface area (Å²) in [5, 5.41) is 2.19. The van der Waals surface area contributed by atoms with Crippen molar-refractivity contribution >= 4 is 50.6 Å². The first-order chi connectivity index (χ1) is 13.1.